The number of carbonyl (C=O) groups is 2. The lowest BCUT2D eigenvalue weighted by atomic mass is 9.82. The average molecular weight is 443 g/mol. The number of H-pyrrole nitrogens is 1. The molecule has 6 nitrogen and oxygen atoms in total. The van der Waals surface area contributed by atoms with Gasteiger partial charge in [-0.3, -0.25) is 14.7 Å². The van der Waals surface area contributed by atoms with Crippen LogP contribution in [0.4, 0.5) is 5.69 Å². The summed E-state index contributed by atoms with van der Waals surface area (Å²) in [6, 6.07) is 12.8. The fourth-order valence-electron chi connectivity index (χ4n) is 3.79. The van der Waals surface area contributed by atoms with E-state index in [1.807, 2.05) is 19.1 Å². The Morgan fingerprint density at radius 1 is 1.23 bits per heavy atom. The second-order valence-electron chi connectivity index (χ2n) is 7.37. The molecule has 3 aromatic rings. The molecule has 0 radical (unpaired) electrons. The Bertz CT molecular complexity index is 1170. The molecule has 0 spiro atoms. The van der Waals surface area contributed by atoms with Gasteiger partial charge in [0.25, 0.3) is 0 Å². The van der Waals surface area contributed by atoms with Crippen LogP contribution < -0.4 is 5.32 Å². The second kappa shape index (κ2) is 8.13. The van der Waals surface area contributed by atoms with Gasteiger partial charge in [-0.25, -0.2) is 0 Å². The molecular weight excluding hydrogens is 423 g/mol. The normalized spacial score (nSPS) is 17.0. The van der Waals surface area contributed by atoms with Crippen molar-refractivity contribution in [2.75, 3.05) is 12.4 Å². The zero-order valence-corrected chi connectivity index (χ0v) is 18.0. The third kappa shape index (κ3) is 3.93. The van der Waals surface area contributed by atoms with Crippen LogP contribution in [-0.4, -0.2) is 34.0 Å². The molecule has 1 atom stereocenters. The summed E-state index contributed by atoms with van der Waals surface area (Å²) in [4.78, 5) is 26.9. The largest absolute Gasteiger partial charge is 0.326 e. The maximum Gasteiger partial charge on any atom is 0.228 e. The highest BCUT2D eigenvalue weighted by Gasteiger charge is 2.31. The smallest absolute Gasteiger partial charge is 0.228 e. The number of aromatic nitrogens is 2. The zero-order chi connectivity index (χ0) is 21.4. The number of halogens is 2. The van der Waals surface area contributed by atoms with Crippen molar-refractivity contribution in [1.29, 1.82) is 0 Å². The molecular formula is C22H20Cl2N4O2. The van der Waals surface area contributed by atoms with E-state index in [2.05, 4.69) is 15.5 Å². The first-order valence-corrected chi connectivity index (χ1v) is 10.2. The Morgan fingerprint density at radius 2 is 1.97 bits per heavy atom. The fraction of sp³-hybridized carbons (Fsp3) is 0.227. The average Bonchev–Trinajstić information content (AvgIpc) is 3.09. The van der Waals surface area contributed by atoms with Crippen LogP contribution in [0.15, 0.2) is 53.7 Å². The number of hydrogen-bond donors (Lipinski definition) is 2. The molecule has 1 aliphatic rings. The number of rotatable bonds is 4. The van der Waals surface area contributed by atoms with Crippen molar-refractivity contribution in [3.05, 3.63) is 69.5 Å². The van der Waals surface area contributed by atoms with Gasteiger partial charge in [-0.1, -0.05) is 35.3 Å². The molecule has 154 valence electrons. The number of nitrogens with zero attached hydrogens (tertiary/aromatic N) is 2. The van der Waals surface area contributed by atoms with Gasteiger partial charge in [0.05, 0.1) is 11.9 Å². The van der Waals surface area contributed by atoms with E-state index in [9.17, 15) is 9.59 Å². The number of amides is 2. The van der Waals surface area contributed by atoms with Gasteiger partial charge >= 0.3 is 0 Å². The lowest BCUT2D eigenvalue weighted by Crippen LogP contribution is -2.34. The first-order valence-electron chi connectivity index (χ1n) is 9.48. The predicted molar refractivity (Wildman–Crippen MR) is 119 cm³/mol. The van der Waals surface area contributed by atoms with Crippen LogP contribution in [0, 0.1) is 0 Å². The molecule has 0 fully saturated rings. The van der Waals surface area contributed by atoms with Crippen molar-refractivity contribution in [1.82, 2.24) is 15.1 Å². The minimum Gasteiger partial charge on any atom is -0.326 e. The minimum atomic E-state index is -0.164. The molecule has 8 heteroatoms. The fourth-order valence-corrected chi connectivity index (χ4v) is 4.11. The van der Waals surface area contributed by atoms with Gasteiger partial charge in [-0.05, 0) is 48.4 Å². The van der Waals surface area contributed by atoms with E-state index >= 15 is 0 Å². The Labute approximate surface area is 183 Å². The molecule has 1 aliphatic heterocycles. The molecule has 2 amide bonds. The summed E-state index contributed by atoms with van der Waals surface area (Å²) < 4.78 is 0. The number of carbonyl (C=O) groups excluding carboxylic acids is 2. The molecule has 2 heterocycles. The highest BCUT2D eigenvalue weighted by atomic mass is 35.5. The van der Waals surface area contributed by atoms with E-state index in [1.54, 1.807) is 42.3 Å². The van der Waals surface area contributed by atoms with Crippen LogP contribution in [0.3, 0.4) is 0 Å². The van der Waals surface area contributed by atoms with E-state index in [4.69, 9.17) is 23.2 Å². The van der Waals surface area contributed by atoms with Crippen molar-refractivity contribution in [3.63, 3.8) is 0 Å². The number of aromatic amines is 1. The summed E-state index contributed by atoms with van der Waals surface area (Å²) in [6.45, 7) is 1.87. The van der Waals surface area contributed by atoms with Gasteiger partial charge < -0.3 is 10.2 Å². The lowest BCUT2D eigenvalue weighted by Gasteiger charge is -2.33. The van der Waals surface area contributed by atoms with Gasteiger partial charge in [0.1, 0.15) is 5.15 Å². The number of anilines is 1. The first kappa shape index (κ1) is 20.4. The zero-order valence-electron chi connectivity index (χ0n) is 16.5. The van der Waals surface area contributed by atoms with Gasteiger partial charge in [0, 0.05) is 41.2 Å². The topological polar surface area (TPSA) is 78.1 Å². The monoisotopic (exact) mass is 442 g/mol. The van der Waals surface area contributed by atoms with E-state index in [1.165, 1.54) is 0 Å². The molecule has 30 heavy (non-hydrogen) atoms. The van der Waals surface area contributed by atoms with Crippen LogP contribution >= 0.6 is 23.2 Å². The molecule has 0 aliphatic carbocycles. The van der Waals surface area contributed by atoms with Gasteiger partial charge in [0.15, 0.2) is 0 Å². The van der Waals surface area contributed by atoms with Gasteiger partial charge in [-0.15, -0.1) is 0 Å². The van der Waals surface area contributed by atoms with Crippen molar-refractivity contribution >= 4 is 51.6 Å². The van der Waals surface area contributed by atoms with Crippen LogP contribution in [-0.2, 0) is 9.59 Å². The predicted octanol–water partition coefficient (Wildman–Crippen LogP) is 5.12. The number of allylic oxidation sites excluding steroid dienone is 1. The number of fused-ring (bicyclic) bond motifs is 1. The summed E-state index contributed by atoms with van der Waals surface area (Å²) in [5.41, 5.74) is 4.05. The standard InChI is InChI=1S/C22H20Cl2N4O2/c1-12-16(17(11-21(30)28(12)2)13-3-5-14(23)6-4-13)10-20(29)25-15-7-8-19-18(9-15)22(24)27-26-19/h3-9,17H,10-11H2,1-2H3,(H,25,29)(H,26,27). The molecule has 0 saturated heterocycles. The summed E-state index contributed by atoms with van der Waals surface area (Å²) in [5.74, 6) is -0.302. The van der Waals surface area contributed by atoms with Crippen LogP contribution in [0.25, 0.3) is 10.9 Å². The molecule has 1 aromatic heterocycles. The van der Waals surface area contributed by atoms with Gasteiger partial charge in [-0.2, -0.15) is 5.10 Å². The molecule has 0 bridgehead atoms. The minimum absolute atomic E-state index is 0.0247. The number of nitrogens with one attached hydrogen (secondary N) is 2. The van der Waals surface area contributed by atoms with Crippen LogP contribution in [0.5, 0.6) is 0 Å². The summed E-state index contributed by atoms with van der Waals surface area (Å²) in [5, 5.41) is 11.5. The third-order valence-electron chi connectivity index (χ3n) is 5.56. The van der Waals surface area contributed by atoms with Crippen molar-refractivity contribution < 1.29 is 9.59 Å². The Kier molecular flexibility index (Phi) is 5.54. The van der Waals surface area contributed by atoms with E-state index in [-0.39, 0.29) is 24.2 Å². The van der Waals surface area contributed by atoms with Crippen molar-refractivity contribution in [2.45, 2.75) is 25.7 Å². The van der Waals surface area contributed by atoms with Crippen molar-refractivity contribution in [3.8, 4) is 0 Å². The maximum absolute atomic E-state index is 12.9. The molecule has 2 aromatic carbocycles. The number of benzene rings is 2. The Hall–Kier alpha value is -2.83. The van der Waals surface area contributed by atoms with Crippen LogP contribution in [0.2, 0.25) is 10.2 Å². The molecule has 0 saturated carbocycles. The molecule has 2 N–H and O–H groups in total. The highest BCUT2D eigenvalue weighted by molar-refractivity contribution is 6.34. The summed E-state index contributed by atoms with van der Waals surface area (Å²) >= 11 is 12.1. The maximum atomic E-state index is 12.9. The van der Waals surface area contributed by atoms with Crippen molar-refractivity contribution in [2.24, 2.45) is 0 Å². The van der Waals surface area contributed by atoms with Gasteiger partial charge in [0.2, 0.25) is 11.8 Å². The lowest BCUT2D eigenvalue weighted by molar-refractivity contribution is -0.129. The molecule has 4 rings (SSSR count). The van der Waals surface area contributed by atoms with Crippen LogP contribution in [0.1, 0.15) is 31.2 Å². The van der Waals surface area contributed by atoms with E-state index in [0.29, 0.717) is 22.3 Å². The quantitative estimate of drug-likeness (QED) is 0.588. The Morgan fingerprint density at radius 3 is 2.70 bits per heavy atom. The molecule has 1 unspecified atom stereocenters. The van der Waals surface area contributed by atoms with E-state index in [0.717, 1.165) is 27.7 Å². The third-order valence-corrected chi connectivity index (χ3v) is 6.10. The summed E-state index contributed by atoms with van der Waals surface area (Å²) in [6.07, 6.45) is 0.489. The Balaban J connectivity index is 1.60. The first-order chi connectivity index (χ1) is 14.3. The number of hydrogen-bond acceptors (Lipinski definition) is 3. The summed E-state index contributed by atoms with van der Waals surface area (Å²) in [7, 11) is 1.74. The van der Waals surface area contributed by atoms with E-state index < -0.39 is 0 Å². The highest BCUT2D eigenvalue weighted by Crippen LogP contribution is 2.38. The SMILES string of the molecule is CC1=C(CC(=O)Nc2ccc3n[nH]c(Cl)c3c2)C(c2ccc(Cl)cc2)CC(=O)N1C. The second-order valence-corrected chi connectivity index (χ2v) is 8.18.